The summed E-state index contributed by atoms with van der Waals surface area (Å²) in [5.74, 6) is -0.317. The zero-order chi connectivity index (χ0) is 14.1. The summed E-state index contributed by atoms with van der Waals surface area (Å²) < 4.78 is 0. The molecular formula is C16H12N2O2. The number of hydrogen-bond acceptors (Lipinski definition) is 4. The van der Waals surface area contributed by atoms with Crippen molar-refractivity contribution in [2.75, 3.05) is 0 Å². The second kappa shape index (κ2) is 4.78. The van der Waals surface area contributed by atoms with E-state index in [1.807, 2.05) is 24.3 Å². The molecule has 1 heterocycles. The van der Waals surface area contributed by atoms with E-state index in [-0.39, 0.29) is 17.3 Å². The summed E-state index contributed by atoms with van der Waals surface area (Å²) in [5, 5.41) is 18.9. The van der Waals surface area contributed by atoms with Crippen LogP contribution in [-0.4, -0.2) is 16.6 Å². The molecule has 1 aromatic carbocycles. The predicted molar refractivity (Wildman–Crippen MR) is 75.3 cm³/mol. The van der Waals surface area contributed by atoms with Gasteiger partial charge in [0.25, 0.3) is 0 Å². The Bertz CT molecular complexity index is 733. The molecule has 4 nitrogen and oxygen atoms in total. The normalized spacial score (nSPS) is 20.6. The van der Waals surface area contributed by atoms with Gasteiger partial charge in [0.05, 0.1) is 0 Å². The van der Waals surface area contributed by atoms with Crippen LogP contribution >= 0.6 is 0 Å². The Kier molecular flexibility index (Phi) is 2.96. The Morgan fingerprint density at radius 1 is 1.25 bits per heavy atom. The van der Waals surface area contributed by atoms with Gasteiger partial charge in [-0.2, -0.15) is 5.26 Å². The number of nitrogens with zero attached hydrogens (tertiary/aromatic N) is 2. The maximum absolute atomic E-state index is 12.4. The van der Waals surface area contributed by atoms with Crippen molar-refractivity contribution in [2.45, 2.75) is 19.3 Å². The SMILES string of the molecule is N#CC1=NC2=C(CCC/C=C\1O)c1ccccc1C2=O. The van der Waals surface area contributed by atoms with Crippen molar-refractivity contribution < 1.29 is 9.90 Å². The van der Waals surface area contributed by atoms with E-state index in [2.05, 4.69) is 4.99 Å². The van der Waals surface area contributed by atoms with Gasteiger partial charge < -0.3 is 5.11 Å². The number of hydrogen-bond donors (Lipinski definition) is 1. The number of nitriles is 1. The summed E-state index contributed by atoms with van der Waals surface area (Å²) in [4.78, 5) is 16.5. The topological polar surface area (TPSA) is 73.4 Å². The number of carbonyl (C=O) groups excluding carboxylic acids is 1. The monoisotopic (exact) mass is 264 g/mol. The first-order valence-electron chi connectivity index (χ1n) is 6.48. The highest BCUT2D eigenvalue weighted by molar-refractivity contribution is 6.23. The highest BCUT2D eigenvalue weighted by Crippen LogP contribution is 2.37. The van der Waals surface area contributed by atoms with Gasteiger partial charge in [-0.15, -0.1) is 0 Å². The highest BCUT2D eigenvalue weighted by atomic mass is 16.3. The lowest BCUT2D eigenvalue weighted by molar-refractivity contribution is 0.103. The second-order valence-electron chi connectivity index (χ2n) is 4.76. The van der Waals surface area contributed by atoms with Crippen molar-refractivity contribution in [3.63, 3.8) is 0 Å². The number of Topliss-reactive ketones (excluding diaryl/α,β-unsaturated/α-hetero) is 1. The van der Waals surface area contributed by atoms with Gasteiger partial charge in [0.15, 0.2) is 5.71 Å². The van der Waals surface area contributed by atoms with Crippen LogP contribution in [0.15, 0.2) is 46.8 Å². The van der Waals surface area contributed by atoms with E-state index in [0.29, 0.717) is 24.1 Å². The number of rotatable bonds is 0. The molecule has 1 aliphatic heterocycles. The predicted octanol–water partition coefficient (Wildman–Crippen LogP) is 3.18. The number of aliphatic hydroxyl groups is 1. The number of carbonyl (C=O) groups is 1. The molecule has 0 fully saturated rings. The minimum absolute atomic E-state index is 0.0967. The minimum atomic E-state index is -0.168. The molecule has 0 unspecified atom stereocenters. The molecule has 0 saturated carbocycles. The quantitative estimate of drug-likeness (QED) is 0.782. The van der Waals surface area contributed by atoms with Crippen LogP contribution in [-0.2, 0) is 0 Å². The number of benzene rings is 1. The van der Waals surface area contributed by atoms with Gasteiger partial charge in [-0.1, -0.05) is 24.3 Å². The maximum atomic E-state index is 12.4. The first-order valence-corrected chi connectivity index (χ1v) is 6.48. The molecule has 20 heavy (non-hydrogen) atoms. The molecule has 0 spiro atoms. The molecule has 0 radical (unpaired) electrons. The van der Waals surface area contributed by atoms with Gasteiger partial charge in [0, 0.05) is 5.56 Å². The molecule has 0 aromatic heterocycles. The molecule has 0 amide bonds. The van der Waals surface area contributed by atoms with Crippen LogP contribution in [0.25, 0.3) is 5.57 Å². The lowest BCUT2D eigenvalue weighted by atomic mass is 10.0. The first-order chi connectivity index (χ1) is 9.72. The number of allylic oxidation sites excluding steroid dienone is 4. The van der Waals surface area contributed by atoms with E-state index < -0.39 is 0 Å². The van der Waals surface area contributed by atoms with E-state index in [4.69, 9.17) is 5.26 Å². The summed E-state index contributed by atoms with van der Waals surface area (Å²) >= 11 is 0. The lowest BCUT2D eigenvalue weighted by Gasteiger charge is -2.03. The van der Waals surface area contributed by atoms with E-state index in [9.17, 15) is 9.90 Å². The smallest absolute Gasteiger partial charge is 0.212 e. The summed E-state index contributed by atoms with van der Waals surface area (Å²) in [7, 11) is 0. The Morgan fingerprint density at radius 3 is 2.75 bits per heavy atom. The van der Waals surface area contributed by atoms with Gasteiger partial charge in [-0.3, -0.25) is 4.79 Å². The standard InChI is InChI=1S/C16H12N2O2/c17-9-13-14(19)8-4-3-6-11-10-5-1-2-7-12(10)16(20)15(11)18-13/h1-2,5,7-8,19H,3-4,6H2/b14-8+,18-13?. The molecule has 4 heteroatoms. The second-order valence-corrected chi connectivity index (χ2v) is 4.76. The molecule has 0 saturated heterocycles. The Labute approximate surface area is 116 Å². The van der Waals surface area contributed by atoms with Crippen molar-refractivity contribution in [3.8, 4) is 6.07 Å². The van der Waals surface area contributed by atoms with Crippen LogP contribution in [0.4, 0.5) is 0 Å². The van der Waals surface area contributed by atoms with Crippen molar-refractivity contribution in [3.05, 3.63) is 52.9 Å². The van der Waals surface area contributed by atoms with Gasteiger partial charge in [-0.05, 0) is 36.5 Å². The summed E-state index contributed by atoms with van der Waals surface area (Å²) in [6, 6.07) is 9.23. The Balaban J connectivity index is 2.21. The van der Waals surface area contributed by atoms with Crippen LogP contribution in [0.1, 0.15) is 35.2 Å². The third-order valence-electron chi connectivity index (χ3n) is 3.54. The van der Waals surface area contributed by atoms with Crippen molar-refractivity contribution in [1.29, 1.82) is 5.26 Å². The van der Waals surface area contributed by atoms with Crippen LogP contribution < -0.4 is 0 Å². The zero-order valence-electron chi connectivity index (χ0n) is 10.8. The molecule has 0 bridgehead atoms. The van der Waals surface area contributed by atoms with Crippen LogP contribution in [0.3, 0.4) is 0 Å². The van der Waals surface area contributed by atoms with Crippen molar-refractivity contribution >= 4 is 17.1 Å². The largest absolute Gasteiger partial charge is 0.505 e. The molecule has 1 aromatic rings. The molecule has 0 atom stereocenters. The number of aliphatic hydroxyl groups excluding tert-OH is 1. The van der Waals surface area contributed by atoms with Crippen LogP contribution in [0.2, 0.25) is 0 Å². The van der Waals surface area contributed by atoms with Crippen molar-refractivity contribution in [1.82, 2.24) is 0 Å². The summed E-state index contributed by atoms with van der Waals surface area (Å²) in [6.07, 6.45) is 3.75. The lowest BCUT2D eigenvalue weighted by Crippen LogP contribution is -2.03. The molecule has 1 aliphatic carbocycles. The number of fused-ring (bicyclic) bond motifs is 2. The fourth-order valence-corrected chi connectivity index (χ4v) is 2.57. The van der Waals surface area contributed by atoms with E-state index >= 15 is 0 Å². The minimum Gasteiger partial charge on any atom is -0.505 e. The third kappa shape index (κ3) is 1.84. The average molecular weight is 264 g/mol. The third-order valence-corrected chi connectivity index (χ3v) is 3.54. The molecule has 1 N–H and O–H groups in total. The number of aliphatic imine (C=N–C) groups is 1. The maximum Gasteiger partial charge on any atom is 0.212 e. The Hall–Kier alpha value is -2.67. The molecule has 2 aliphatic rings. The summed E-state index contributed by atoms with van der Waals surface area (Å²) in [6.45, 7) is 0. The van der Waals surface area contributed by atoms with Gasteiger partial charge in [0.2, 0.25) is 5.78 Å². The zero-order valence-corrected chi connectivity index (χ0v) is 10.8. The van der Waals surface area contributed by atoms with E-state index in [1.54, 1.807) is 12.1 Å². The average Bonchev–Trinajstić information content (AvgIpc) is 2.77. The summed E-state index contributed by atoms with van der Waals surface area (Å²) in [5.41, 5.74) is 2.60. The van der Waals surface area contributed by atoms with E-state index in [1.165, 1.54) is 0 Å². The van der Waals surface area contributed by atoms with Gasteiger partial charge in [0.1, 0.15) is 17.5 Å². The van der Waals surface area contributed by atoms with Crippen molar-refractivity contribution in [2.24, 2.45) is 4.99 Å². The first kappa shape index (κ1) is 12.4. The van der Waals surface area contributed by atoms with Gasteiger partial charge in [-0.25, -0.2) is 4.99 Å². The van der Waals surface area contributed by atoms with Gasteiger partial charge >= 0.3 is 0 Å². The number of ketones is 1. The molecule has 98 valence electrons. The molecular weight excluding hydrogens is 252 g/mol. The van der Waals surface area contributed by atoms with E-state index in [0.717, 1.165) is 17.6 Å². The van der Waals surface area contributed by atoms with Crippen LogP contribution in [0.5, 0.6) is 0 Å². The fraction of sp³-hybridized carbons (Fsp3) is 0.188. The van der Waals surface area contributed by atoms with Crippen LogP contribution in [0, 0.1) is 11.3 Å². The molecule has 3 rings (SSSR count). The Morgan fingerprint density at radius 2 is 2.00 bits per heavy atom. The fourth-order valence-electron chi connectivity index (χ4n) is 2.57. The highest BCUT2D eigenvalue weighted by Gasteiger charge is 2.29.